The Hall–Kier alpha value is -4.92. The predicted octanol–water partition coefficient (Wildman–Crippen LogP) is 1.04. The van der Waals surface area contributed by atoms with Crippen molar-refractivity contribution in [3.8, 4) is 0 Å². The minimum absolute atomic E-state index is 0.00893. The summed E-state index contributed by atoms with van der Waals surface area (Å²) in [6.07, 6.45) is -4.04. The Morgan fingerprint density at radius 3 is 2.53 bits per heavy atom. The molecule has 0 aromatic carbocycles. The third kappa shape index (κ3) is 7.12. The Kier molecular flexibility index (Phi) is 10.3. The maximum Gasteiger partial charge on any atom is 0.491 e. The minimum Gasteiger partial charge on any atom is -0.445 e. The van der Waals surface area contributed by atoms with Crippen LogP contribution in [0, 0.1) is 5.92 Å². The number of amides is 4. The highest BCUT2D eigenvalue weighted by Gasteiger charge is 2.56. The molecule has 3 saturated heterocycles. The van der Waals surface area contributed by atoms with E-state index in [1.54, 1.807) is 0 Å². The van der Waals surface area contributed by atoms with Gasteiger partial charge in [-0.15, -0.1) is 23.1 Å². The number of aromatic nitrogens is 1. The number of thioether (sulfide) groups is 1. The Balaban J connectivity index is 1.49. The first-order valence-electron chi connectivity index (χ1n) is 14.6. The first-order valence-corrected chi connectivity index (χ1v) is 16.5. The number of thiazole rings is 1. The average Bonchev–Trinajstić information content (AvgIpc) is 3.69. The normalized spacial score (nSPS) is 22.6. The zero-order valence-electron chi connectivity index (χ0n) is 25.3. The molecule has 49 heavy (non-hydrogen) atoms. The summed E-state index contributed by atoms with van der Waals surface area (Å²) in [5.74, 6) is -7.73. The summed E-state index contributed by atoms with van der Waals surface area (Å²) >= 11 is 1.98. The molecule has 4 aliphatic heterocycles. The fourth-order valence-electron chi connectivity index (χ4n) is 5.85. The van der Waals surface area contributed by atoms with E-state index in [0.717, 1.165) is 28.0 Å². The first kappa shape index (κ1) is 35.4. The van der Waals surface area contributed by atoms with Crippen LogP contribution in [0.25, 0.3) is 0 Å². The van der Waals surface area contributed by atoms with E-state index in [4.69, 9.17) is 10.5 Å². The number of nitrogens with zero attached hydrogens (tertiary/aromatic N) is 4. The van der Waals surface area contributed by atoms with Gasteiger partial charge in [-0.3, -0.25) is 19.3 Å². The van der Waals surface area contributed by atoms with Crippen molar-refractivity contribution >= 4 is 69.7 Å². The van der Waals surface area contributed by atoms with Crippen LogP contribution in [0.15, 0.2) is 45.6 Å². The molecule has 4 aliphatic rings. The summed E-state index contributed by atoms with van der Waals surface area (Å²) in [4.78, 5) is 83.3. The van der Waals surface area contributed by atoms with Crippen LogP contribution in [-0.4, -0.2) is 111 Å². The van der Waals surface area contributed by atoms with Crippen molar-refractivity contribution in [1.29, 1.82) is 0 Å². The van der Waals surface area contributed by atoms with E-state index in [-0.39, 0.29) is 73.2 Å². The van der Waals surface area contributed by atoms with Crippen LogP contribution in [0.1, 0.15) is 25.0 Å². The number of nitrogens with two attached hydrogens (primary N) is 1. The van der Waals surface area contributed by atoms with Gasteiger partial charge >= 0.3 is 24.2 Å². The number of esters is 2. The molecule has 5 N–H and O–H groups in total. The van der Waals surface area contributed by atoms with Crippen molar-refractivity contribution in [1.82, 2.24) is 25.4 Å². The molecule has 0 aliphatic carbocycles. The average molecular weight is 728 g/mol. The monoisotopic (exact) mass is 727 g/mol. The number of carbonyl (C=O) groups is 6. The predicted molar refractivity (Wildman–Crippen MR) is 165 cm³/mol. The SMILES string of the molecule is C=CCOC(=O)N1CCC(C(=C2CCNC2=O)C2=C(C(=O)OC(=O)C(F)(F)F)N3C(=O)[C@@H](NC(=O)/C(=N\O)c4csc(N)n4)[C@H]3SC2)CC1. The van der Waals surface area contributed by atoms with Crippen molar-refractivity contribution in [2.75, 3.05) is 37.7 Å². The number of oxime groups is 1. The number of anilines is 1. The Morgan fingerprint density at radius 1 is 1.24 bits per heavy atom. The summed E-state index contributed by atoms with van der Waals surface area (Å²) in [6.45, 7) is 4.06. The molecule has 16 nitrogen and oxygen atoms in total. The standard InChI is InChI=1S/C28H28F3N7O9S2/c1-2-9-46-27(44)37-7-4-12(5-8-37)16(13-3-6-33-20(13)39)14-10-48-23-18(35-21(40)17(36-45)15-11-49-26(32)34-15)22(41)38(23)19(14)24(42)47-25(43)28(29,30)31/h2,11-12,18,23,45H,1,3-10H2,(H2,32,34)(H,33,39)(H,35,40)/b16-13?,36-17-/t18-,23-/m1/s1. The maximum atomic E-state index is 13.6. The molecule has 5 rings (SSSR count). The van der Waals surface area contributed by atoms with E-state index in [2.05, 4.69) is 32.1 Å². The van der Waals surface area contributed by atoms with Crippen molar-refractivity contribution in [2.45, 2.75) is 36.9 Å². The molecular formula is C28H28F3N7O9S2. The molecule has 0 spiro atoms. The van der Waals surface area contributed by atoms with E-state index < -0.39 is 70.7 Å². The number of alkyl halides is 3. The zero-order valence-corrected chi connectivity index (χ0v) is 26.9. The number of rotatable bonds is 8. The molecule has 1 aromatic rings. The number of ether oxygens (including phenoxy) is 2. The smallest absolute Gasteiger partial charge is 0.445 e. The molecular weight excluding hydrogens is 699 g/mol. The minimum atomic E-state index is -5.55. The second kappa shape index (κ2) is 14.3. The number of nitrogen functional groups attached to an aromatic ring is 1. The number of carbonyl (C=O) groups excluding carboxylic acids is 6. The van der Waals surface area contributed by atoms with Crippen LogP contribution >= 0.6 is 23.1 Å². The number of hydrogen-bond donors (Lipinski definition) is 4. The lowest BCUT2D eigenvalue weighted by molar-refractivity contribution is -0.201. The number of likely N-dealkylation sites (tertiary alicyclic amines) is 1. The topological polar surface area (TPSA) is 223 Å². The van der Waals surface area contributed by atoms with Crippen LogP contribution in [0.2, 0.25) is 0 Å². The molecule has 0 bridgehead atoms. The first-order chi connectivity index (χ1) is 23.3. The molecule has 0 unspecified atom stereocenters. The quantitative estimate of drug-likeness (QED) is 0.0431. The molecule has 1 aromatic heterocycles. The van der Waals surface area contributed by atoms with E-state index in [1.165, 1.54) is 16.4 Å². The van der Waals surface area contributed by atoms with Gasteiger partial charge in [0.1, 0.15) is 29.4 Å². The van der Waals surface area contributed by atoms with Gasteiger partial charge in [0.25, 0.3) is 11.8 Å². The largest absolute Gasteiger partial charge is 0.491 e. The maximum absolute atomic E-state index is 13.6. The number of hydrogen-bond acceptors (Lipinski definition) is 14. The summed E-state index contributed by atoms with van der Waals surface area (Å²) in [6, 6.07) is -1.36. The number of allylic oxidation sites excluding steroid dienone is 1. The van der Waals surface area contributed by atoms with Crippen LogP contribution in [0.4, 0.5) is 23.1 Å². The highest BCUT2D eigenvalue weighted by molar-refractivity contribution is 8.00. The molecule has 21 heteroatoms. The third-order valence-electron chi connectivity index (χ3n) is 8.02. The molecule has 5 heterocycles. The van der Waals surface area contributed by atoms with Crippen LogP contribution in [-0.2, 0) is 33.4 Å². The summed E-state index contributed by atoms with van der Waals surface area (Å²) in [7, 11) is 0. The highest BCUT2D eigenvalue weighted by Crippen LogP contribution is 2.46. The van der Waals surface area contributed by atoms with Crippen molar-refractivity contribution < 1.29 is 56.6 Å². The van der Waals surface area contributed by atoms with Gasteiger partial charge in [0.05, 0.1) is 0 Å². The van der Waals surface area contributed by atoms with Gasteiger partial charge in [-0.25, -0.2) is 19.4 Å². The third-order valence-corrected chi connectivity index (χ3v) is 9.97. The lowest BCUT2D eigenvalue weighted by Gasteiger charge is -2.50. The molecule has 4 amide bonds. The summed E-state index contributed by atoms with van der Waals surface area (Å²) in [5.41, 5.74) is 4.77. The Morgan fingerprint density at radius 2 is 1.96 bits per heavy atom. The van der Waals surface area contributed by atoms with E-state index in [1.807, 2.05) is 0 Å². The van der Waals surface area contributed by atoms with Gasteiger partial charge in [-0.1, -0.05) is 17.8 Å². The van der Waals surface area contributed by atoms with Crippen molar-refractivity contribution in [3.63, 3.8) is 0 Å². The number of nitrogens with one attached hydrogen (secondary N) is 2. The van der Waals surface area contributed by atoms with Crippen molar-refractivity contribution in [2.24, 2.45) is 11.1 Å². The van der Waals surface area contributed by atoms with Crippen molar-refractivity contribution in [3.05, 3.63) is 46.1 Å². The molecule has 2 atom stereocenters. The Bertz CT molecular complexity index is 1700. The Labute approximate surface area is 283 Å². The van der Waals surface area contributed by atoms with Gasteiger partial charge in [-0.05, 0) is 36.3 Å². The van der Waals surface area contributed by atoms with Gasteiger partial charge in [-0.2, -0.15) is 13.2 Å². The second-order valence-electron chi connectivity index (χ2n) is 10.9. The summed E-state index contributed by atoms with van der Waals surface area (Å²) in [5, 5.41) is 17.7. The highest BCUT2D eigenvalue weighted by atomic mass is 32.2. The number of halogens is 3. The molecule has 0 saturated carbocycles. The lowest BCUT2D eigenvalue weighted by Crippen LogP contribution is -2.71. The van der Waals surface area contributed by atoms with Crippen LogP contribution < -0.4 is 16.4 Å². The second-order valence-corrected chi connectivity index (χ2v) is 12.9. The summed E-state index contributed by atoms with van der Waals surface area (Å²) < 4.78 is 48.9. The number of fused-ring (bicyclic) bond motifs is 1. The zero-order chi connectivity index (χ0) is 35.6. The van der Waals surface area contributed by atoms with Gasteiger partial charge in [0, 0.05) is 36.3 Å². The van der Waals surface area contributed by atoms with Gasteiger partial charge in [0.2, 0.25) is 5.91 Å². The molecule has 0 radical (unpaired) electrons. The fourth-order valence-corrected chi connectivity index (χ4v) is 7.76. The van der Waals surface area contributed by atoms with E-state index in [9.17, 15) is 47.1 Å². The molecule has 262 valence electrons. The number of β-lactam (4-membered cyclic amide) rings is 1. The van der Waals surface area contributed by atoms with Gasteiger partial charge < -0.3 is 35.9 Å². The van der Waals surface area contributed by atoms with Crippen LogP contribution in [0.5, 0.6) is 0 Å². The van der Waals surface area contributed by atoms with E-state index in [0.29, 0.717) is 5.57 Å². The molecule has 3 fully saturated rings. The lowest BCUT2D eigenvalue weighted by atomic mass is 9.80. The number of piperidine rings is 1. The fraction of sp³-hybridized carbons (Fsp3) is 0.429. The van der Waals surface area contributed by atoms with Crippen LogP contribution in [0.3, 0.4) is 0 Å². The van der Waals surface area contributed by atoms with Gasteiger partial charge in [0.15, 0.2) is 10.8 Å². The van der Waals surface area contributed by atoms with E-state index >= 15 is 0 Å².